The van der Waals surface area contributed by atoms with Crippen LogP contribution in [-0.4, -0.2) is 99.5 Å². The smallest absolute Gasteiger partial charge is 0.321 e. The number of ether oxygens (including phenoxy) is 3. The summed E-state index contributed by atoms with van der Waals surface area (Å²) in [6.45, 7) is 11.9. The summed E-state index contributed by atoms with van der Waals surface area (Å²) in [5, 5.41) is 17.1. The first-order chi connectivity index (χ1) is 20.9. The zero-order chi connectivity index (χ0) is 30.2. The summed E-state index contributed by atoms with van der Waals surface area (Å²) in [7, 11) is 1.62. The van der Waals surface area contributed by atoms with Crippen molar-refractivity contribution in [1.82, 2.24) is 20.1 Å². The van der Waals surface area contributed by atoms with Crippen LogP contribution < -0.4 is 29.7 Å². The Bertz CT molecular complexity index is 1430. The Kier molecular flexibility index (Phi) is 10.0. The molecule has 0 saturated carbocycles. The molecule has 0 atom stereocenters. The predicted octanol–water partition coefficient (Wildman–Crippen LogP) is 3.93. The number of piperazine rings is 2. The average molecular weight is 588 g/mol. The number of amides is 2. The maximum atomic E-state index is 13.0. The number of hydrogen-bond acceptors (Lipinski definition) is 9. The Morgan fingerprint density at radius 3 is 2.49 bits per heavy atom. The Hall–Kier alpha value is -4.27. The van der Waals surface area contributed by atoms with Crippen molar-refractivity contribution < 1.29 is 19.0 Å². The SMILES string of the molecule is COc1cc2c(N3CCN(C(=O)Nc4ccc(OC(C)C)cc4)CC3)c(C#N)cnc2cc1OCCCN1CCNCC1. The Balaban J connectivity index is 1.24. The Morgan fingerprint density at radius 1 is 1.07 bits per heavy atom. The van der Waals surface area contributed by atoms with Crippen LogP contribution in [-0.2, 0) is 0 Å². The number of nitrogens with zero attached hydrogens (tertiary/aromatic N) is 5. The highest BCUT2D eigenvalue weighted by atomic mass is 16.5. The molecule has 2 aromatic carbocycles. The molecular formula is C32H41N7O4. The molecule has 2 N–H and O–H groups in total. The molecule has 0 unspecified atom stereocenters. The minimum absolute atomic E-state index is 0.0877. The van der Waals surface area contributed by atoms with E-state index in [1.54, 1.807) is 18.2 Å². The highest BCUT2D eigenvalue weighted by Crippen LogP contribution is 2.38. The van der Waals surface area contributed by atoms with Crippen molar-refractivity contribution in [2.75, 3.05) is 82.8 Å². The molecular weight excluding hydrogens is 546 g/mol. The van der Waals surface area contributed by atoms with Crippen LogP contribution in [0.15, 0.2) is 42.6 Å². The van der Waals surface area contributed by atoms with Gasteiger partial charge in [0.1, 0.15) is 11.8 Å². The molecule has 2 amide bonds. The lowest BCUT2D eigenvalue weighted by molar-refractivity contribution is 0.208. The number of hydrogen-bond donors (Lipinski definition) is 2. The van der Waals surface area contributed by atoms with Gasteiger partial charge in [-0.25, -0.2) is 4.79 Å². The van der Waals surface area contributed by atoms with Gasteiger partial charge in [0.05, 0.1) is 36.6 Å². The van der Waals surface area contributed by atoms with Crippen LogP contribution in [0.2, 0.25) is 0 Å². The predicted molar refractivity (Wildman–Crippen MR) is 167 cm³/mol. The number of nitrogens with one attached hydrogen (secondary N) is 2. The fourth-order valence-electron chi connectivity index (χ4n) is 5.51. The zero-order valence-electron chi connectivity index (χ0n) is 25.3. The van der Waals surface area contributed by atoms with Gasteiger partial charge < -0.3 is 39.5 Å². The van der Waals surface area contributed by atoms with E-state index in [9.17, 15) is 10.1 Å². The molecule has 0 spiro atoms. The van der Waals surface area contributed by atoms with Gasteiger partial charge in [0, 0.05) is 82.2 Å². The van der Waals surface area contributed by atoms with E-state index in [0.717, 1.165) is 61.5 Å². The molecule has 0 bridgehead atoms. The second kappa shape index (κ2) is 14.3. The number of carbonyl (C=O) groups is 1. The van der Waals surface area contributed by atoms with Crippen molar-refractivity contribution in [3.8, 4) is 23.3 Å². The molecule has 2 fully saturated rings. The molecule has 3 heterocycles. The quantitative estimate of drug-likeness (QED) is 0.341. The molecule has 1 aromatic heterocycles. The maximum absolute atomic E-state index is 13.0. The largest absolute Gasteiger partial charge is 0.493 e. The number of nitriles is 1. The zero-order valence-corrected chi connectivity index (χ0v) is 25.3. The standard InChI is InChI=1S/C32H41N7O4/c1-23(2)43-26-7-5-25(6-8-26)36-32(40)39-16-14-38(15-17-39)31-24(21-33)22-35-28-20-30(29(41-3)19-27(28)31)42-18-4-11-37-12-9-34-10-13-37/h5-8,19-20,22-23,34H,4,9-18H2,1-3H3,(H,36,40). The molecule has 228 valence electrons. The number of urea groups is 1. The van der Waals surface area contributed by atoms with Crippen molar-refractivity contribution in [1.29, 1.82) is 5.26 Å². The summed E-state index contributed by atoms with van der Waals surface area (Å²) < 4.78 is 17.5. The van der Waals surface area contributed by atoms with Gasteiger partial charge in [-0.2, -0.15) is 5.26 Å². The summed E-state index contributed by atoms with van der Waals surface area (Å²) in [6.07, 6.45) is 2.62. The lowest BCUT2D eigenvalue weighted by Crippen LogP contribution is -2.50. The molecule has 11 heteroatoms. The van der Waals surface area contributed by atoms with Gasteiger partial charge in [-0.05, 0) is 50.6 Å². The molecule has 2 saturated heterocycles. The summed E-state index contributed by atoms with van der Waals surface area (Å²) in [5.74, 6) is 2.01. The Labute approximate surface area is 253 Å². The normalized spacial score (nSPS) is 15.8. The average Bonchev–Trinajstić information content (AvgIpc) is 3.03. The van der Waals surface area contributed by atoms with Crippen LogP contribution in [0.4, 0.5) is 16.2 Å². The van der Waals surface area contributed by atoms with E-state index in [2.05, 4.69) is 31.5 Å². The summed E-state index contributed by atoms with van der Waals surface area (Å²) >= 11 is 0. The number of pyridine rings is 1. The second-order valence-electron chi connectivity index (χ2n) is 11.0. The molecule has 3 aromatic rings. The van der Waals surface area contributed by atoms with Crippen LogP contribution >= 0.6 is 0 Å². The number of methoxy groups -OCH3 is 1. The van der Waals surface area contributed by atoms with Crippen molar-refractivity contribution in [3.05, 3.63) is 48.2 Å². The third kappa shape index (κ3) is 7.58. The maximum Gasteiger partial charge on any atom is 0.321 e. The van der Waals surface area contributed by atoms with Gasteiger partial charge in [0.15, 0.2) is 11.5 Å². The molecule has 43 heavy (non-hydrogen) atoms. The third-order valence-electron chi connectivity index (χ3n) is 7.69. The van der Waals surface area contributed by atoms with Gasteiger partial charge in [0.25, 0.3) is 0 Å². The highest BCUT2D eigenvalue weighted by Gasteiger charge is 2.25. The third-order valence-corrected chi connectivity index (χ3v) is 7.69. The molecule has 2 aliphatic rings. The number of rotatable bonds is 10. The van der Waals surface area contributed by atoms with Crippen molar-refractivity contribution in [3.63, 3.8) is 0 Å². The molecule has 0 aliphatic carbocycles. The number of fused-ring (bicyclic) bond motifs is 1. The first-order valence-electron chi connectivity index (χ1n) is 15.0. The molecule has 2 aliphatic heterocycles. The first-order valence-corrected chi connectivity index (χ1v) is 15.0. The van der Waals surface area contributed by atoms with Gasteiger partial charge in [-0.3, -0.25) is 4.98 Å². The molecule has 0 radical (unpaired) electrons. The van der Waals surface area contributed by atoms with E-state index in [1.807, 2.05) is 50.2 Å². The van der Waals surface area contributed by atoms with Crippen molar-refractivity contribution >= 4 is 28.3 Å². The number of benzene rings is 2. The summed E-state index contributed by atoms with van der Waals surface area (Å²) in [4.78, 5) is 24.0. The fourth-order valence-corrected chi connectivity index (χ4v) is 5.51. The summed E-state index contributed by atoms with van der Waals surface area (Å²) in [5.41, 5.74) is 2.74. The van der Waals surface area contributed by atoms with Crippen molar-refractivity contribution in [2.45, 2.75) is 26.4 Å². The molecule has 11 nitrogen and oxygen atoms in total. The van der Waals surface area contributed by atoms with E-state index in [4.69, 9.17) is 14.2 Å². The fraction of sp³-hybridized carbons (Fsp3) is 0.469. The van der Waals surface area contributed by atoms with Crippen LogP contribution in [0.5, 0.6) is 17.2 Å². The highest BCUT2D eigenvalue weighted by molar-refractivity contribution is 5.97. The monoisotopic (exact) mass is 587 g/mol. The minimum atomic E-state index is -0.155. The topological polar surface area (TPSA) is 115 Å². The van der Waals surface area contributed by atoms with Crippen LogP contribution in [0, 0.1) is 11.3 Å². The summed E-state index contributed by atoms with van der Waals surface area (Å²) in [6, 6.07) is 13.3. The minimum Gasteiger partial charge on any atom is -0.493 e. The second-order valence-corrected chi connectivity index (χ2v) is 11.0. The number of aromatic nitrogens is 1. The van der Waals surface area contributed by atoms with Crippen LogP contribution in [0.3, 0.4) is 0 Å². The van der Waals surface area contributed by atoms with Gasteiger partial charge in [-0.1, -0.05) is 0 Å². The first kappa shape index (κ1) is 30.2. The van der Waals surface area contributed by atoms with E-state index in [0.29, 0.717) is 55.5 Å². The van der Waals surface area contributed by atoms with E-state index in [-0.39, 0.29) is 12.1 Å². The number of anilines is 2. The van der Waals surface area contributed by atoms with E-state index in [1.165, 1.54) is 0 Å². The lowest BCUT2D eigenvalue weighted by atomic mass is 10.1. The van der Waals surface area contributed by atoms with Crippen LogP contribution in [0.25, 0.3) is 10.9 Å². The van der Waals surface area contributed by atoms with E-state index >= 15 is 0 Å². The van der Waals surface area contributed by atoms with Gasteiger partial charge >= 0.3 is 6.03 Å². The lowest BCUT2D eigenvalue weighted by Gasteiger charge is -2.37. The van der Waals surface area contributed by atoms with Crippen LogP contribution in [0.1, 0.15) is 25.8 Å². The van der Waals surface area contributed by atoms with Crippen molar-refractivity contribution in [2.24, 2.45) is 0 Å². The molecule has 5 rings (SSSR count). The van der Waals surface area contributed by atoms with Gasteiger partial charge in [-0.15, -0.1) is 0 Å². The Morgan fingerprint density at radius 2 is 1.81 bits per heavy atom. The number of carbonyl (C=O) groups excluding carboxylic acids is 1. The van der Waals surface area contributed by atoms with E-state index < -0.39 is 0 Å². The van der Waals surface area contributed by atoms with Gasteiger partial charge in [0.2, 0.25) is 0 Å².